The molecule has 2 heterocycles. The third-order valence-corrected chi connectivity index (χ3v) is 14.6. The van der Waals surface area contributed by atoms with Crippen LogP contribution < -0.4 is 0 Å². The SMILES string of the molecule is CC(=O)OC(C)(C)[C@H]1O[C@@]23O[C@@H]1C[C@@H](C)[C@@H]2[C@@]1(C)CC[C@@]24C[C@]25C(CCC4[C@]1(C)[C@H]3O)C(C)(C)[C@@H](O)C[C@@H]5O. The van der Waals surface area contributed by atoms with E-state index in [-0.39, 0.29) is 57.4 Å². The summed E-state index contributed by atoms with van der Waals surface area (Å²) in [5.41, 5.74) is -1.96. The van der Waals surface area contributed by atoms with E-state index < -0.39 is 41.2 Å². The van der Waals surface area contributed by atoms with Crippen molar-refractivity contribution in [1.29, 1.82) is 0 Å². The Kier molecular flexibility index (Phi) is 5.16. The Morgan fingerprint density at radius 1 is 0.949 bits per heavy atom. The summed E-state index contributed by atoms with van der Waals surface area (Å²) in [5.74, 6) is -0.630. The van der Waals surface area contributed by atoms with Gasteiger partial charge in [-0.3, -0.25) is 4.79 Å². The summed E-state index contributed by atoms with van der Waals surface area (Å²) in [4.78, 5) is 12.0. The minimum absolute atomic E-state index is 0.0240. The van der Waals surface area contributed by atoms with Crippen LogP contribution in [-0.4, -0.2) is 63.2 Å². The molecule has 2 bridgehead atoms. The summed E-state index contributed by atoms with van der Waals surface area (Å²) in [6.07, 6.45) is 3.70. The van der Waals surface area contributed by atoms with Gasteiger partial charge >= 0.3 is 5.97 Å². The topological polar surface area (TPSA) is 105 Å². The Morgan fingerprint density at radius 3 is 2.28 bits per heavy atom. The number of ether oxygens (including phenoxy) is 3. The molecule has 0 aromatic carbocycles. The molecule has 2 aliphatic heterocycles. The van der Waals surface area contributed by atoms with E-state index in [0.717, 1.165) is 38.5 Å². The fraction of sp³-hybridized carbons (Fsp3) is 0.969. The molecule has 0 radical (unpaired) electrons. The number of rotatable bonds is 2. The third kappa shape index (κ3) is 2.73. The molecule has 39 heavy (non-hydrogen) atoms. The van der Waals surface area contributed by atoms with Crippen molar-refractivity contribution in [2.45, 2.75) is 142 Å². The number of aliphatic hydroxyl groups excluding tert-OH is 3. The number of hydrogen-bond donors (Lipinski definition) is 3. The van der Waals surface area contributed by atoms with E-state index in [2.05, 4.69) is 34.6 Å². The second-order valence-electron chi connectivity index (χ2n) is 16.6. The van der Waals surface area contributed by atoms with Crippen molar-refractivity contribution in [3.8, 4) is 0 Å². The van der Waals surface area contributed by atoms with Crippen molar-refractivity contribution in [2.75, 3.05) is 0 Å². The molecule has 0 aromatic rings. The lowest BCUT2D eigenvalue weighted by molar-refractivity contribution is -0.283. The number of carbonyl (C=O) groups excluding carboxylic acids is 1. The van der Waals surface area contributed by atoms with E-state index >= 15 is 0 Å². The van der Waals surface area contributed by atoms with Crippen LogP contribution in [0.25, 0.3) is 0 Å². The molecule has 220 valence electrons. The normalized spacial score (nSPS) is 60.3. The first kappa shape index (κ1) is 27.1. The van der Waals surface area contributed by atoms with Gasteiger partial charge in [-0.1, -0.05) is 34.6 Å². The zero-order chi connectivity index (χ0) is 28.3. The maximum atomic E-state index is 12.6. The number of esters is 1. The highest BCUT2D eigenvalue weighted by Crippen LogP contribution is 2.90. The van der Waals surface area contributed by atoms with Crippen molar-refractivity contribution in [1.82, 2.24) is 0 Å². The van der Waals surface area contributed by atoms with Crippen LogP contribution in [0.3, 0.4) is 0 Å². The van der Waals surface area contributed by atoms with Gasteiger partial charge in [0.05, 0.1) is 18.3 Å². The van der Waals surface area contributed by atoms with Crippen LogP contribution in [-0.2, 0) is 19.0 Å². The van der Waals surface area contributed by atoms with E-state index in [0.29, 0.717) is 6.42 Å². The number of carbonyl (C=O) groups is 1. The number of aliphatic hydroxyl groups is 3. The maximum Gasteiger partial charge on any atom is 0.303 e. The zero-order valence-corrected chi connectivity index (χ0v) is 25.1. The second kappa shape index (κ2) is 7.42. The minimum atomic E-state index is -1.13. The van der Waals surface area contributed by atoms with Crippen LogP contribution in [0, 0.1) is 50.7 Å². The Labute approximate surface area is 233 Å². The largest absolute Gasteiger partial charge is 0.457 e. The average Bonchev–Trinajstić information content (AvgIpc) is 3.37. The van der Waals surface area contributed by atoms with Gasteiger partial charge in [0, 0.05) is 30.1 Å². The summed E-state index contributed by atoms with van der Waals surface area (Å²) in [7, 11) is 0. The lowest BCUT2D eigenvalue weighted by Gasteiger charge is -2.64. The molecule has 3 N–H and O–H groups in total. The molecule has 7 nitrogen and oxygen atoms in total. The van der Waals surface area contributed by atoms with Gasteiger partial charge < -0.3 is 29.5 Å². The molecular weight excluding hydrogens is 496 g/mol. The van der Waals surface area contributed by atoms with E-state index in [1.807, 2.05) is 13.8 Å². The predicted octanol–water partition coefficient (Wildman–Crippen LogP) is 4.20. The van der Waals surface area contributed by atoms with E-state index in [4.69, 9.17) is 14.2 Å². The number of hydrogen-bond acceptors (Lipinski definition) is 7. The van der Waals surface area contributed by atoms with Gasteiger partial charge in [0.15, 0.2) is 5.79 Å². The molecule has 2 saturated heterocycles. The van der Waals surface area contributed by atoms with E-state index in [1.165, 1.54) is 6.92 Å². The summed E-state index contributed by atoms with van der Waals surface area (Å²) >= 11 is 0. The van der Waals surface area contributed by atoms with E-state index in [1.54, 1.807) is 0 Å². The third-order valence-electron chi connectivity index (χ3n) is 14.6. The minimum Gasteiger partial charge on any atom is -0.457 e. The van der Waals surface area contributed by atoms with Crippen molar-refractivity contribution in [3.05, 3.63) is 0 Å². The molecule has 5 aliphatic carbocycles. The van der Waals surface area contributed by atoms with Crippen LogP contribution in [0.4, 0.5) is 0 Å². The van der Waals surface area contributed by atoms with Gasteiger partial charge in [-0.15, -0.1) is 0 Å². The van der Waals surface area contributed by atoms with Gasteiger partial charge in [-0.2, -0.15) is 0 Å². The Hall–Kier alpha value is -0.730. The molecule has 2 unspecified atom stereocenters. The van der Waals surface area contributed by atoms with Gasteiger partial charge in [0.1, 0.15) is 17.8 Å². The van der Waals surface area contributed by atoms with Crippen molar-refractivity contribution in [3.63, 3.8) is 0 Å². The molecule has 0 aromatic heterocycles. The summed E-state index contributed by atoms with van der Waals surface area (Å²) in [5, 5.41) is 35.2. The maximum absolute atomic E-state index is 12.6. The molecule has 14 atom stereocenters. The number of fused-ring (bicyclic) bond motifs is 4. The summed E-state index contributed by atoms with van der Waals surface area (Å²) < 4.78 is 19.5. The van der Waals surface area contributed by atoms with Crippen LogP contribution in [0.15, 0.2) is 0 Å². The van der Waals surface area contributed by atoms with Crippen molar-refractivity contribution < 1.29 is 34.3 Å². The smallest absolute Gasteiger partial charge is 0.303 e. The molecule has 7 fully saturated rings. The molecule has 7 aliphatic rings. The van der Waals surface area contributed by atoms with Crippen molar-refractivity contribution >= 4 is 5.97 Å². The molecule has 7 heteroatoms. The molecule has 7 rings (SSSR count). The van der Waals surface area contributed by atoms with E-state index in [9.17, 15) is 20.1 Å². The van der Waals surface area contributed by atoms with Crippen LogP contribution >= 0.6 is 0 Å². The van der Waals surface area contributed by atoms with Gasteiger partial charge in [-0.05, 0) is 86.4 Å². The molecule has 5 saturated carbocycles. The molecule has 3 spiro atoms. The standard InChI is InChI=1S/C32H50O7/c1-16-13-18-24(27(5,6)37-17(2)33)39-32(38-18)23(16)28(7)11-12-30-15-31(30)19(26(3,4)21(34)14-22(31)35)9-10-20(30)29(28,8)25(32)36/h16,18-25,34-36H,9-15H2,1-8H3/t16-,18-,19?,20?,21+,22+,23-,24+,25-,28-,29-,30+,31-,32+/m1/s1. The summed E-state index contributed by atoms with van der Waals surface area (Å²) in [6.45, 7) is 16.6. The molecular formula is C32H50O7. The summed E-state index contributed by atoms with van der Waals surface area (Å²) in [6, 6.07) is 0. The molecule has 0 amide bonds. The first-order valence-corrected chi connectivity index (χ1v) is 15.5. The van der Waals surface area contributed by atoms with Gasteiger partial charge in [0.2, 0.25) is 0 Å². The van der Waals surface area contributed by atoms with Crippen LogP contribution in [0.5, 0.6) is 0 Å². The second-order valence-corrected chi connectivity index (χ2v) is 16.6. The van der Waals surface area contributed by atoms with Gasteiger partial charge in [0.25, 0.3) is 0 Å². The van der Waals surface area contributed by atoms with Crippen molar-refractivity contribution in [2.24, 2.45) is 50.7 Å². The Bertz CT molecular complexity index is 1100. The van der Waals surface area contributed by atoms with Gasteiger partial charge in [-0.25, -0.2) is 0 Å². The first-order chi connectivity index (χ1) is 18.0. The van der Waals surface area contributed by atoms with Crippen LogP contribution in [0.2, 0.25) is 0 Å². The van der Waals surface area contributed by atoms with Crippen LogP contribution in [0.1, 0.15) is 100 Å². The quantitative estimate of drug-likeness (QED) is 0.446. The Morgan fingerprint density at radius 2 is 1.62 bits per heavy atom. The first-order valence-electron chi connectivity index (χ1n) is 15.5. The fourth-order valence-corrected chi connectivity index (χ4v) is 13.1. The highest BCUT2D eigenvalue weighted by molar-refractivity contribution is 5.66. The zero-order valence-electron chi connectivity index (χ0n) is 25.1. The highest BCUT2D eigenvalue weighted by Gasteiger charge is 2.89. The lowest BCUT2D eigenvalue weighted by Crippen LogP contribution is -2.62. The highest BCUT2D eigenvalue weighted by atomic mass is 16.8. The monoisotopic (exact) mass is 546 g/mol. The fourth-order valence-electron chi connectivity index (χ4n) is 13.1. The predicted molar refractivity (Wildman–Crippen MR) is 143 cm³/mol. The average molecular weight is 547 g/mol. The lowest BCUT2D eigenvalue weighted by atomic mass is 9.41. The Balaban J connectivity index is 1.31.